The summed E-state index contributed by atoms with van der Waals surface area (Å²) >= 11 is -1.27. The third kappa shape index (κ3) is 2.36. The summed E-state index contributed by atoms with van der Waals surface area (Å²) in [7, 11) is 1.63. The van der Waals surface area contributed by atoms with Gasteiger partial charge in [0.15, 0.2) is 0 Å². The highest BCUT2D eigenvalue weighted by Crippen LogP contribution is 2.21. The molecule has 1 N–H and O–H groups in total. The van der Waals surface area contributed by atoms with E-state index in [4.69, 9.17) is 4.18 Å². The van der Waals surface area contributed by atoms with Gasteiger partial charge in [-0.15, -0.1) is 0 Å². The van der Waals surface area contributed by atoms with Gasteiger partial charge in [-0.05, 0) is 19.9 Å². The summed E-state index contributed by atoms with van der Waals surface area (Å²) in [6.45, 7) is 0. The molecule has 1 aliphatic rings. The minimum Gasteiger partial charge on any atom is -0.275 e. The lowest BCUT2D eigenvalue weighted by atomic mass is 10.3. The molecule has 0 spiro atoms. The molecule has 3 nitrogen and oxygen atoms in total. The molecule has 1 aliphatic carbocycles. The SMILES string of the molecule is CNS(=O)OC1CCCC1. The first-order chi connectivity index (χ1) is 4.83. The van der Waals surface area contributed by atoms with Gasteiger partial charge < -0.3 is 0 Å². The zero-order valence-electron chi connectivity index (χ0n) is 6.13. The van der Waals surface area contributed by atoms with E-state index < -0.39 is 11.3 Å². The molecule has 60 valence electrons. The molecule has 0 aromatic rings. The summed E-state index contributed by atoms with van der Waals surface area (Å²) in [4.78, 5) is 0. The van der Waals surface area contributed by atoms with Crippen molar-refractivity contribution in [1.82, 2.24) is 4.72 Å². The van der Waals surface area contributed by atoms with Gasteiger partial charge in [0, 0.05) is 0 Å². The zero-order chi connectivity index (χ0) is 7.40. The van der Waals surface area contributed by atoms with Crippen LogP contribution in [-0.4, -0.2) is 17.4 Å². The Labute approximate surface area is 63.9 Å². The quantitative estimate of drug-likeness (QED) is 0.666. The Kier molecular flexibility index (Phi) is 3.31. The molecule has 1 atom stereocenters. The number of nitrogens with one attached hydrogen (secondary N) is 1. The predicted octanol–water partition coefficient (Wildman–Crippen LogP) is 0.744. The van der Waals surface area contributed by atoms with Gasteiger partial charge in [0.05, 0.1) is 6.10 Å². The molecule has 0 aromatic heterocycles. The molecule has 10 heavy (non-hydrogen) atoms. The predicted molar refractivity (Wildman–Crippen MR) is 40.5 cm³/mol. The molecule has 0 bridgehead atoms. The molecule has 1 saturated carbocycles. The van der Waals surface area contributed by atoms with E-state index in [1.807, 2.05) is 0 Å². The number of hydrogen-bond donors (Lipinski definition) is 1. The van der Waals surface area contributed by atoms with Crippen LogP contribution in [0.15, 0.2) is 0 Å². The highest BCUT2D eigenvalue weighted by molar-refractivity contribution is 7.78. The Morgan fingerprint density at radius 2 is 2.10 bits per heavy atom. The third-order valence-electron chi connectivity index (χ3n) is 1.69. The van der Waals surface area contributed by atoms with E-state index in [0.29, 0.717) is 0 Å². The van der Waals surface area contributed by atoms with E-state index in [1.54, 1.807) is 7.05 Å². The Hall–Kier alpha value is 0.0700. The van der Waals surface area contributed by atoms with Crippen LogP contribution in [0.4, 0.5) is 0 Å². The van der Waals surface area contributed by atoms with Gasteiger partial charge in [-0.1, -0.05) is 12.8 Å². The molecule has 1 unspecified atom stereocenters. The Morgan fingerprint density at radius 1 is 1.50 bits per heavy atom. The van der Waals surface area contributed by atoms with Crippen LogP contribution >= 0.6 is 0 Å². The Bertz CT molecular complexity index is 123. The van der Waals surface area contributed by atoms with Crippen molar-refractivity contribution in [1.29, 1.82) is 0 Å². The topological polar surface area (TPSA) is 38.3 Å². The van der Waals surface area contributed by atoms with Crippen molar-refractivity contribution >= 4 is 11.3 Å². The number of rotatable bonds is 3. The highest BCUT2D eigenvalue weighted by atomic mass is 32.2. The fourth-order valence-corrected chi connectivity index (χ4v) is 1.69. The number of hydrogen-bond acceptors (Lipinski definition) is 2. The molecule has 0 saturated heterocycles. The second-order valence-electron chi connectivity index (χ2n) is 2.44. The summed E-state index contributed by atoms with van der Waals surface area (Å²) in [6.07, 6.45) is 4.78. The minimum absolute atomic E-state index is 0.230. The van der Waals surface area contributed by atoms with Crippen molar-refractivity contribution in [3.05, 3.63) is 0 Å². The monoisotopic (exact) mass is 163 g/mol. The molecule has 0 radical (unpaired) electrons. The first kappa shape index (κ1) is 8.17. The molecule has 4 heteroatoms. The maximum Gasteiger partial charge on any atom is 0.234 e. The summed E-state index contributed by atoms with van der Waals surface area (Å²) in [5.74, 6) is 0. The van der Waals surface area contributed by atoms with Crippen LogP contribution in [0.25, 0.3) is 0 Å². The molecule has 0 aromatic carbocycles. The molecule has 0 heterocycles. The summed E-state index contributed by atoms with van der Waals surface area (Å²) < 4.78 is 18.4. The standard InChI is InChI=1S/C6H13NO2S/c1-7-10(8)9-6-4-2-3-5-6/h6-7H,2-5H2,1H3. The van der Waals surface area contributed by atoms with Crippen LogP contribution in [0, 0.1) is 0 Å². The molecular weight excluding hydrogens is 150 g/mol. The van der Waals surface area contributed by atoms with Crippen LogP contribution in [0.2, 0.25) is 0 Å². The van der Waals surface area contributed by atoms with Gasteiger partial charge in [0.1, 0.15) is 0 Å². The summed E-state index contributed by atoms with van der Waals surface area (Å²) in [5.41, 5.74) is 0. The van der Waals surface area contributed by atoms with Crippen molar-refractivity contribution in [2.45, 2.75) is 31.8 Å². The first-order valence-electron chi connectivity index (χ1n) is 3.59. The largest absolute Gasteiger partial charge is 0.275 e. The maximum absolute atomic E-state index is 10.7. The van der Waals surface area contributed by atoms with Gasteiger partial charge >= 0.3 is 0 Å². The average Bonchev–Trinajstić information content (AvgIpc) is 2.40. The van der Waals surface area contributed by atoms with Gasteiger partial charge in [-0.25, -0.2) is 8.93 Å². The van der Waals surface area contributed by atoms with Gasteiger partial charge in [0.2, 0.25) is 11.3 Å². The second kappa shape index (κ2) is 4.05. The van der Waals surface area contributed by atoms with E-state index in [2.05, 4.69) is 4.72 Å². The lowest BCUT2D eigenvalue weighted by Gasteiger charge is -2.07. The van der Waals surface area contributed by atoms with E-state index in [-0.39, 0.29) is 6.10 Å². The van der Waals surface area contributed by atoms with Crippen LogP contribution in [0.3, 0.4) is 0 Å². The smallest absolute Gasteiger partial charge is 0.234 e. The van der Waals surface area contributed by atoms with Crippen molar-refractivity contribution < 1.29 is 8.39 Å². The van der Waals surface area contributed by atoms with E-state index in [0.717, 1.165) is 12.8 Å². The van der Waals surface area contributed by atoms with Gasteiger partial charge in [0.25, 0.3) is 0 Å². The molecule has 1 fully saturated rings. The fourth-order valence-electron chi connectivity index (χ4n) is 1.16. The molecular formula is C6H13NO2S. The molecule has 0 aliphatic heterocycles. The van der Waals surface area contributed by atoms with Crippen molar-refractivity contribution in [3.8, 4) is 0 Å². The maximum atomic E-state index is 10.7. The second-order valence-corrected chi connectivity index (χ2v) is 3.51. The van der Waals surface area contributed by atoms with Crippen molar-refractivity contribution in [2.24, 2.45) is 0 Å². The van der Waals surface area contributed by atoms with Crippen molar-refractivity contribution in [2.75, 3.05) is 7.05 Å². The van der Waals surface area contributed by atoms with E-state index in [9.17, 15) is 4.21 Å². The Morgan fingerprint density at radius 3 is 2.60 bits per heavy atom. The van der Waals surface area contributed by atoms with E-state index >= 15 is 0 Å². The van der Waals surface area contributed by atoms with Gasteiger partial charge in [-0.2, -0.15) is 0 Å². The molecule has 0 amide bonds. The average molecular weight is 163 g/mol. The Balaban J connectivity index is 2.17. The lowest BCUT2D eigenvalue weighted by molar-refractivity contribution is 0.232. The van der Waals surface area contributed by atoms with Crippen molar-refractivity contribution in [3.63, 3.8) is 0 Å². The third-order valence-corrected chi connectivity index (χ3v) is 2.47. The summed E-state index contributed by atoms with van der Waals surface area (Å²) in [6, 6.07) is 0. The van der Waals surface area contributed by atoms with Crippen LogP contribution in [0.1, 0.15) is 25.7 Å². The van der Waals surface area contributed by atoms with E-state index in [1.165, 1.54) is 12.8 Å². The minimum atomic E-state index is -1.27. The fraction of sp³-hybridized carbons (Fsp3) is 1.00. The lowest BCUT2D eigenvalue weighted by Crippen LogP contribution is -2.19. The normalized spacial score (nSPS) is 23.3. The van der Waals surface area contributed by atoms with Crippen LogP contribution < -0.4 is 4.72 Å². The van der Waals surface area contributed by atoms with Crippen LogP contribution in [0.5, 0.6) is 0 Å². The van der Waals surface area contributed by atoms with Gasteiger partial charge in [-0.3, -0.25) is 4.18 Å². The first-order valence-corrected chi connectivity index (χ1v) is 4.66. The zero-order valence-corrected chi connectivity index (χ0v) is 6.95. The highest BCUT2D eigenvalue weighted by Gasteiger charge is 2.17. The summed E-state index contributed by atoms with van der Waals surface area (Å²) in [5, 5.41) is 0. The molecule has 1 rings (SSSR count). The van der Waals surface area contributed by atoms with Crippen LogP contribution in [-0.2, 0) is 15.4 Å².